The van der Waals surface area contributed by atoms with Crippen LogP contribution in [-0.4, -0.2) is 4.98 Å². The molecule has 0 N–H and O–H groups in total. The van der Waals surface area contributed by atoms with Crippen molar-refractivity contribution in [2.24, 2.45) is 0 Å². The number of thioether (sulfide) groups is 1. The normalized spacial score (nSPS) is 13.5. The van der Waals surface area contributed by atoms with E-state index in [1.807, 2.05) is 30.3 Å². The molecule has 4 heteroatoms. The lowest BCUT2D eigenvalue weighted by molar-refractivity contribution is 0.660. The summed E-state index contributed by atoms with van der Waals surface area (Å²) in [6, 6.07) is 12.1. The fourth-order valence-electron chi connectivity index (χ4n) is 2.57. The molecule has 0 saturated carbocycles. The van der Waals surface area contributed by atoms with Crippen LogP contribution in [0.1, 0.15) is 35.2 Å². The van der Waals surface area contributed by atoms with E-state index in [2.05, 4.69) is 6.07 Å². The van der Waals surface area contributed by atoms with E-state index in [-0.39, 0.29) is 0 Å². The van der Waals surface area contributed by atoms with Gasteiger partial charge < -0.3 is 0 Å². The lowest BCUT2D eigenvalue weighted by Crippen LogP contribution is -2.07. The van der Waals surface area contributed by atoms with Crippen molar-refractivity contribution in [2.75, 3.05) is 0 Å². The highest BCUT2D eigenvalue weighted by molar-refractivity contribution is 7.98. The summed E-state index contributed by atoms with van der Waals surface area (Å²) in [6.07, 6.45) is 4.47. The van der Waals surface area contributed by atoms with Gasteiger partial charge in [-0.1, -0.05) is 29.8 Å². The Morgan fingerprint density at radius 2 is 2.05 bits per heavy atom. The second-order valence-corrected chi connectivity index (χ2v) is 6.52. The number of pyridine rings is 1. The smallest absolute Gasteiger partial charge is 0.114 e. The fraction of sp³-hybridized carbons (Fsp3) is 0.294. The summed E-state index contributed by atoms with van der Waals surface area (Å²) in [5.41, 5.74) is 4.18. The molecule has 0 amide bonds. The van der Waals surface area contributed by atoms with Crippen molar-refractivity contribution in [3.8, 4) is 6.07 Å². The topological polar surface area (TPSA) is 36.7 Å². The zero-order valence-corrected chi connectivity index (χ0v) is 13.2. The number of hydrogen-bond acceptors (Lipinski definition) is 3. The zero-order valence-electron chi connectivity index (χ0n) is 11.6. The summed E-state index contributed by atoms with van der Waals surface area (Å²) in [5.74, 6) is 0.736. The Morgan fingerprint density at radius 3 is 2.86 bits per heavy atom. The monoisotopic (exact) mass is 314 g/mol. The van der Waals surface area contributed by atoms with E-state index < -0.39 is 0 Å². The molecule has 1 aromatic carbocycles. The quantitative estimate of drug-likeness (QED) is 0.765. The Morgan fingerprint density at radius 1 is 1.24 bits per heavy atom. The Bertz CT molecular complexity index is 706. The van der Waals surface area contributed by atoms with Gasteiger partial charge in [-0.05, 0) is 48.9 Å². The third-order valence-electron chi connectivity index (χ3n) is 3.71. The van der Waals surface area contributed by atoms with Gasteiger partial charge in [0.25, 0.3) is 0 Å². The molecule has 1 aliphatic carbocycles. The van der Waals surface area contributed by atoms with Crippen LogP contribution in [0.15, 0.2) is 35.4 Å². The first-order valence-corrected chi connectivity index (χ1v) is 8.43. The highest BCUT2D eigenvalue weighted by Crippen LogP contribution is 2.30. The van der Waals surface area contributed by atoms with E-state index >= 15 is 0 Å². The highest BCUT2D eigenvalue weighted by Gasteiger charge is 2.15. The van der Waals surface area contributed by atoms with E-state index in [4.69, 9.17) is 16.6 Å². The molecule has 0 atom stereocenters. The third kappa shape index (κ3) is 3.23. The lowest BCUT2D eigenvalue weighted by Gasteiger charge is -2.16. The molecule has 2 aromatic rings. The number of nitriles is 1. The van der Waals surface area contributed by atoms with Gasteiger partial charge in [0, 0.05) is 16.5 Å². The highest BCUT2D eigenvalue weighted by atomic mass is 35.5. The third-order valence-corrected chi connectivity index (χ3v) is 5.12. The summed E-state index contributed by atoms with van der Waals surface area (Å²) in [4.78, 5) is 4.73. The van der Waals surface area contributed by atoms with E-state index in [9.17, 15) is 5.26 Å². The number of rotatable bonds is 3. The van der Waals surface area contributed by atoms with Crippen LogP contribution >= 0.6 is 23.4 Å². The molecule has 0 aliphatic heterocycles. The molecular formula is C17H15ClN2S. The minimum absolute atomic E-state index is 0.688. The van der Waals surface area contributed by atoms with Crippen LogP contribution in [0.4, 0.5) is 0 Å². The van der Waals surface area contributed by atoms with Crippen LogP contribution in [0.25, 0.3) is 0 Å². The molecule has 21 heavy (non-hydrogen) atoms. The van der Waals surface area contributed by atoms with Gasteiger partial charge in [0.1, 0.15) is 11.1 Å². The average molecular weight is 315 g/mol. The number of aryl methyl sites for hydroxylation is 2. The van der Waals surface area contributed by atoms with Gasteiger partial charge >= 0.3 is 0 Å². The van der Waals surface area contributed by atoms with Crippen LogP contribution < -0.4 is 0 Å². The second kappa shape index (κ2) is 6.51. The van der Waals surface area contributed by atoms with Crippen molar-refractivity contribution in [1.82, 2.24) is 4.98 Å². The average Bonchev–Trinajstić information content (AvgIpc) is 2.53. The Balaban J connectivity index is 1.85. The molecule has 106 valence electrons. The van der Waals surface area contributed by atoms with E-state index in [0.717, 1.165) is 34.2 Å². The maximum absolute atomic E-state index is 9.34. The van der Waals surface area contributed by atoms with Crippen LogP contribution in [0.3, 0.4) is 0 Å². The molecule has 0 saturated heterocycles. The van der Waals surface area contributed by atoms with Gasteiger partial charge in [0.2, 0.25) is 0 Å². The molecule has 0 bridgehead atoms. The van der Waals surface area contributed by atoms with Gasteiger partial charge in [-0.15, -0.1) is 11.8 Å². The molecule has 2 nitrogen and oxygen atoms in total. The molecule has 1 aromatic heterocycles. The molecule has 1 heterocycles. The predicted octanol–water partition coefficient (Wildman–Crippen LogP) is 4.78. The van der Waals surface area contributed by atoms with Crippen molar-refractivity contribution in [1.29, 1.82) is 5.26 Å². The summed E-state index contributed by atoms with van der Waals surface area (Å²) in [7, 11) is 0. The molecule has 1 aliphatic rings. The number of fused-ring (bicyclic) bond motifs is 1. The van der Waals surface area contributed by atoms with Gasteiger partial charge in [0.15, 0.2) is 0 Å². The van der Waals surface area contributed by atoms with E-state index in [1.54, 1.807) is 11.8 Å². The fourth-order valence-corrected chi connectivity index (χ4v) is 3.83. The van der Waals surface area contributed by atoms with Crippen LogP contribution in [0.2, 0.25) is 5.02 Å². The van der Waals surface area contributed by atoms with Crippen molar-refractivity contribution < 1.29 is 0 Å². The minimum atomic E-state index is 0.688. The van der Waals surface area contributed by atoms with Gasteiger partial charge in [-0.25, -0.2) is 4.98 Å². The first-order chi connectivity index (χ1) is 10.3. The van der Waals surface area contributed by atoms with E-state index in [0.29, 0.717) is 5.56 Å². The van der Waals surface area contributed by atoms with Crippen molar-refractivity contribution in [3.63, 3.8) is 0 Å². The van der Waals surface area contributed by atoms with Gasteiger partial charge in [0.05, 0.1) is 5.56 Å². The summed E-state index contributed by atoms with van der Waals surface area (Å²) < 4.78 is 0. The zero-order chi connectivity index (χ0) is 14.7. The number of aromatic nitrogens is 1. The summed E-state index contributed by atoms with van der Waals surface area (Å²) in [5, 5.41) is 10.9. The van der Waals surface area contributed by atoms with Gasteiger partial charge in [-0.3, -0.25) is 0 Å². The lowest BCUT2D eigenvalue weighted by atomic mass is 9.95. The molecule has 3 rings (SSSR count). The first kappa shape index (κ1) is 14.4. The van der Waals surface area contributed by atoms with Crippen molar-refractivity contribution in [2.45, 2.75) is 36.5 Å². The Kier molecular flexibility index (Phi) is 4.48. The van der Waals surface area contributed by atoms with Crippen molar-refractivity contribution >= 4 is 23.4 Å². The number of nitrogens with zero attached hydrogens (tertiary/aromatic N) is 2. The minimum Gasteiger partial charge on any atom is -0.245 e. The molecule has 0 radical (unpaired) electrons. The Labute approximate surface area is 134 Å². The Hall–Kier alpha value is -1.50. The predicted molar refractivity (Wildman–Crippen MR) is 86.6 cm³/mol. The largest absolute Gasteiger partial charge is 0.245 e. The van der Waals surface area contributed by atoms with E-state index in [1.165, 1.54) is 24.1 Å². The van der Waals surface area contributed by atoms with Crippen LogP contribution in [-0.2, 0) is 18.6 Å². The molecular weight excluding hydrogens is 300 g/mol. The number of benzene rings is 1. The SMILES string of the molecule is N#Cc1cc2c(nc1SCc1ccccc1Cl)CCCC2. The molecule has 0 spiro atoms. The standard InChI is InChI=1S/C17H15ClN2S/c18-15-7-3-1-6-13(15)11-21-17-14(10-19)9-12-5-2-4-8-16(12)20-17/h1,3,6-7,9H,2,4-5,8,11H2. The molecule has 0 fully saturated rings. The number of halogens is 1. The van der Waals surface area contributed by atoms with Crippen LogP contribution in [0, 0.1) is 11.3 Å². The first-order valence-electron chi connectivity index (χ1n) is 7.07. The summed E-state index contributed by atoms with van der Waals surface area (Å²) in [6.45, 7) is 0. The van der Waals surface area contributed by atoms with Crippen LogP contribution in [0.5, 0.6) is 0 Å². The number of hydrogen-bond donors (Lipinski definition) is 0. The summed E-state index contributed by atoms with van der Waals surface area (Å²) >= 11 is 7.77. The maximum Gasteiger partial charge on any atom is 0.114 e. The second-order valence-electron chi connectivity index (χ2n) is 5.15. The van der Waals surface area contributed by atoms with Gasteiger partial charge in [-0.2, -0.15) is 5.26 Å². The maximum atomic E-state index is 9.34. The van der Waals surface area contributed by atoms with Crippen molar-refractivity contribution in [3.05, 3.63) is 57.7 Å². The molecule has 0 unspecified atom stereocenters.